The van der Waals surface area contributed by atoms with Crippen molar-refractivity contribution in [1.29, 1.82) is 0 Å². The Hall–Kier alpha value is -9.62. The summed E-state index contributed by atoms with van der Waals surface area (Å²) in [6.45, 7) is 0.283. The van der Waals surface area contributed by atoms with Crippen molar-refractivity contribution in [3.05, 3.63) is 35.9 Å². The molecule has 37 nitrogen and oxygen atoms in total. The van der Waals surface area contributed by atoms with Gasteiger partial charge in [-0.2, -0.15) is 0 Å². The Kier molecular flexibility index (Phi) is 34.0. The molecule has 0 saturated carbocycles. The predicted molar refractivity (Wildman–Crippen MR) is 362 cm³/mol. The Morgan fingerprint density at radius 1 is 0.495 bits per heavy atom. The number of hydrogen-bond acceptors (Lipinski definition) is 20. The van der Waals surface area contributed by atoms with Crippen LogP contribution in [0, 0.1) is 0 Å². The highest BCUT2D eigenvalue weighted by atomic mass is 16.4. The summed E-state index contributed by atoms with van der Waals surface area (Å²) in [5.41, 5.74) is 33.5. The zero-order chi connectivity index (χ0) is 74.3. The molecule has 5 rings (SSSR count). The highest BCUT2D eigenvalue weighted by Gasteiger charge is 2.43. The van der Waals surface area contributed by atoms with Gasteiger partial charge in [-0.05, 0) is 135 Å². The number of nitrogens with two attached hydrogens (primary N) is 6. The molecule has 1 aromatic carbocycles. The lowest BCUT2D eigenvalue weighted by Gasteiger charge is -2.32. The lowest BCUT2D eigenvalue weighted by molar-refractivity contribution is -0.146. The van der Waals surface area contributed by atoms with Gasteiger partial charge < -0.3 is 112 Å². The van der Waals surface area contributed by atoms with Crippen LogP contribution in [0.4, 0.5) is 0 Å². The molecule has 4 aliphatic rings. The van der Waals surface area contributed by atoms with Crippen LogP contribution in [0.3, 0.4) is 0 Å². The lowest BCUT2D eigenvalue weighted by Crippen LogP contribution is -2.61. The fraction of sp³-hybridized carbons (Fsp3) is 0.656. The van der Waals surface area contributed by atoms with Crippen molar-refractivity contribution < 1.29 is 82.1 Å². The van der Waals surface area contributed by atoms with Crippen LogP contribution in [0.5, 0.6) is 0 Å². The number of amides is 14. The van der Waals surface area contributed by atoms with Gasteiger partial charge >= 0.3 is 5.97 Å². The molecule has 0 unspecified atom stereocenters. The Balaban J connectivity index is 1.18. The van der Waals surface area contributed by atoms with Crippen LogP contribution >= 0.6 is 0 Å². The van der Waals surface area contributed by atoms with Crippen molar-refractivity contribution in [3.8, 4) is 0 Å². The van der Waals surface area contributed by atoms with Crippen LogP contribution in [0.2, 0.25) is 0 Å². The quantitative estimate of drug-likeness (QED) is 0.0164. The molecule has 0 bridgehead atoms. The molecule has 0 radical (unpaired) electrons. The van der Waals surface area contributed by atoms with Crippen molar-refractivity contribution in [2.45, 2.75) is 195 Å². The van der Waals surface area contributed by atoms with Crippen molar-refractivity contribution in [2.75, 3.05) is 72.0 Å². The van der Waals surface area contributed by atoms with Crippen LogP contribution in [-0.4, -0.2) is 263 Å². The van der Waals surface area contributed by atoms with Crippen LogP contribution < -0.4 is 82.3 Å². The van der Waals surface area contributed by atoms with Crippen LogP contribution in [-0.2, 0) is 78.3 Å². The van der Waals surface area contributed by atoms with Crippen LogP contribution in [0.15, 0.2) is 35.3 Å². The molecule has 23 N–H and O–H groups in total. The number of hydrogen-bond donors (Lipinski definition) is 17. The number of aliphatic imine (C=N–C) groups is 1. The van der Waals surface area contributed by atoms with Gasteiger partial charge in [0.2, 0.25) is 82.7 Å². The molecule has 0 spiro atoms. The van der Waals surface area contributed by atoms with Gasteiger partial charge in [-0.25, -0.2) is 4.79 Å². The maximum atomic E-state index is 14.4. The van der Waals surface area contributed by atoms with Crippen LogP contribution in [0.1, 0.15) is 128 Å². The third kappa shape index (κ3) is 25.8. The number of aliphatic hydroxyl groups excluding tert-OH is 1. The van der Waals surface area contributed by atoms with E-state index in [1.165, 1.54) is 21.6 Å². The highest BCUT2D eigenvalue weighted by Crippen LogP contribution is 2.23. The van der Waals surface area contributed by atoms with E-state index < -0.39 is 181 Å². The molecule has 4 heterocycles. The van der Waals surface area contributed by atoms with Gasteiger partial charge in [0, 0.05) is 45.6 Å². The first kappa shape index (κ1) is 82.1. The number of carboxylic acids is 1. The van der Waals surface area contributed by atoms with E-state index in [0.717, 1.165) is 4.90 Å². The number of unbranched alkanes of at least 4 members (excludes halogenated alkanes) is 2. The zero-order valence-electron chi connectivity index (χ0n) is 57.2. The Labute approximate surface area is 585 Å². The SMILES string of the molecule is C[C@@H](O)[C@H](NC(=O)[C@H](Cc1ccccc1)NC(=O)[C@H](CCC(N)=O)NC(=O)[C@@H]1CCCN1C(=O)CNC(=O)[C@@H]1CCCN1C(=O)CNC(=O)[C@H](CCCCN)NC(=O)[C@@H]1CCCN1C(=O)CNC(=O)[C@H](CCCCN)NC(=O)CN)C(=O)N1CCC[C@H]1C(=O)N[C@@H](CCCN=C(N)N)C(=O)O. The second-order valence-electron chi connectivity index (χ2n) is 25.4. The maximum Gasteiger partial charge on any atom is 0.326 e. The average Bonchev–Trinajstić information content (AvgIpc) is 1.67. The molecule has 101 heavy (non-hydrogen) atoms. The molecular formula is C64H102N20O17. The van der Waals surface area contributed by atoms with Gasteiger partial charge in [0.25, 0.3) is 0 Å². The smallest absolute Gasteiger partial charge is 0.326 e. The number of carbonyl (C=O) groups is 15. The number of carboxylic acid groups (broad SMARTS) is 1. The molecule has 4 saturated heterocycles. The minimum absolute atomic E-state index is 0.00274. The summed E-state index contributed by atoms with van der Waals surface area (Å²) in [6.07, 6.45) is 2.04. The zero-order valence-corrected chi connectivity index (χ0v) is 57.2. The van der Waals surface area contributed by atoms with Crippen molar-refractivity contribution in [2.24, 2.45) is 39.4 Å². The minimum atomic E-state index is -1.70. The van der Waals surface area contributed by atoms with E-state index >= 15 is 0 Å². The van der Waals surface area contributed by atoms with E-state index in [4.69, 9.17) is 34.4 Å². The fourth-order valence-electron chi connectivity index (χ4n) is 12.5. The first-order valence-electron chi connectivity index (χ1n) is 34.4. The average molecular weight is 1420 g/mol. The summed E-state index contributed by atoms with van der Waals surface area (Å²) in [5, 5.41) is 43.9. The van der Waals surface area contributed by atoms with E-state index in [1.807, 2.05) is 0 Å². The normalized spacial score (nSPS) is 19.2. The van der Waals surface area contributed by atoms with E-state index in [-0.39, 0.29) is 116 Å². The molecule has 560 valence electrons. The molecule has 0 aromatic heterocycles. The Bertz CT molecular complexity index is 3100. The number of primary amides is 1. The summed E-state index contributed by atoms with van der Waals surface area (Å²) < 4.78 is 0. The highest BCUT2D eigenvalue weighted by molar-refractivity contribution is 6.00. The Morgan fingerprint density at radius 3 is 1.38 bits per heavy atom. The number of guanidine groups is 1. The number of aliphatic carboxylic acids is 1. The van der Waals surface area contributed by atoms with Gasteiger partial charge in [0.05, 0.1) is 32.3 Å². The van der Waals surface area contributed by atoms with Crippen molar-refractivity contribution in [1.82, 2.24) is 67.5 Å². The van der Waals surface area contributed by atoms with E-state index in [2.05, 4.69) is 52.8 Å². The summed E-state index contributed by atoms with van der Waals surface area (Å²) >= 11 is 0. The summed E-state index contributed by atoms with van der Waals surface area (Å²) in [4.78, 5) is 211. The number of likely N-dealkylation sites (tertiary alicyclic amines) is 4. The largest absolute Gasteiger partial charge is 0.480 e. The number of rotatable bonds is 41. The number of nitrogens with zero attached hydrogens (tertiary/aromatic N) is 5. The molecule has 37 heteroatoms. The topological polar surface area (TPSA) is 586 Å². The summed E-state index contributed by atoms with van der Waals surface area (Å²) in [5.74, 6) is -12.0. The van der Waals surface area contributed by atoms with Crippen molar-refractivity contribution in [3.63, 3.8) is 0 Å². The third-order valence-corrected chi connectivity index (χ3v) is 17.9. The van der Waals surface area contributed by atoms with Gasteiger partial charge in [-0.15, -0.1) is 0 Å². The minimum Gasteiger partial charge on any atom is -0.480 e. The van der Waals surface area contributed by atoms with E-state index in [9.17, 15) is 82.1 Å². The number of carbonyl (C=O) groups excluding carboxylic acids is 14. The first-order chi connectivity index (χ1) is 48.2. The second-order valence-corrected chi connectivity index (χ2v) is 25.4. The molecule has 4 aliphatic heterocycles. The molecule has 11 atom stereocenters. The Morgan fingerprint density at radius 2 is 0.921 bits per heavy atom. The standard InChI is InChI=1S/C64H102N20O17/c1-37(85)53(62(99)84-31-13-22-47(84)61(98)78-42(63(100)101)18-9-27-71-64(69)70)80-57(94)43(32-38-14-3-2-4-15-38)79-56(93)41(23-24-48(68)86)77-60(97)46-21-12-30-83(46)52(90)36-74-58(95)44-19-10-28-81(44)50(88)34-73-55(92)40(17-6-8-26-66)76-59(96)45-20-11-29-82(45)51(89)35-72-54(91)39(16-5-7-25-65)75-49(87)33-67/h2-4,14-15,37,39-47,53,85H,5-13,16-36,65-67H2,1H3,(H2,68,86)(H,72,91)(H,73,92)(H,74,95)(H,75,87)(H,76,96)(H,77,97)(H,78,98)(H,79,93)(H,80,94)(H,100,101)(H4,69,70,71)/t37-,39+,40+,41+,42+,43+,44+,45+,46+,47+,53+/m1/s1. The number of benzene rings is 1. The van der Waals surface area contributed by atoms with Crippen LogP contribution in [0.25, 0.3) is 0 Å². The number of aliphatic hydroxyl groups is 1. The van der Waals surface area contributed by atoms with E-state index in [1.54, 1.807) is 30.3 Å². The molecule has 4 fully saturated rings. The maximum absolute atomic E-state index is 14.4. The fourth-order valence-corrected chi connectivity index (χ4v) is 12.5. The van der Waals surface area contributed by atoms with E-state index in [0.29, 0.717) is 63.5 Å². The first-order valence-corrected chi connectivity index (χ1v) is 34.4. The van der Waals surface area contributed by atoms with Gasteiger partial charge in [0.15, 0.2) is 5.96 Å². The molecular weight excluding hydrogens is 1320 g/mol. The van der Waals surface area contributed by atoms with Crippen molar-refractivity contribution >= 4 is 94.6 Å². The van der Waals surface area contributed by atoms with Gasteiger partial charge in [-0.3, -0.25) is 72.1 Å². The molecule has 1 aromatic rings. The molecule has 0 aliphatic carbocycles. The monoisotopic (exact) mass is 1420 g/mol. The third-order valence-electron chi connectivity index (χ3n) is 17.9. The lowest BCUT2D eigenvalue weighted by atomic mass is 10.0. The second kappa shape index (κ2) is 41.8. The number of nitrogens with one attached hydrogen (secondary N) is 9. The van der Waals surface area contributed by atoms with Gasteiger partial charge in [0.1, 0.15) is 60.4 Å². The van der Waals surface area contributed by atoms with Gasteiger partial charge in [-0.1, -0.05) is 30.3 Å². The molecule has 14 amide bonds. The predicted octanol–water partition coefficient (Wildman–Crippen LogP) is -7.55. The summed E-state index contributed by atoms with van der Waals surface area (Å²) in [7, 11) is 0. The summed E-state index contributed by atoms with van der Waals surface area (Å²) in [6, 6.07) is -4.41.